The summed E-state index contributed by atoms with van der Waals surface area (Å²) in [6.45, 7) is 2.04. The highest BCUT2D eigenvalue weighted by molar-refractivity contribution is 6.35. The lowest BCUT2D eigenvalue weighted by Crippen LogP contribution is -2.14. The number of nitrogens with one attached hydrogen (secondary N) is 1. The molecule has 5 rings (SSSR count). The Morgan fingerprint density at radius 2 is 1.95 bits per heavy atom. The highest BCUT2D eigenvalue weighted by Crippen LogP contribution is 2.28. The van der Waals surface area contributed by atoms with Crippen molar-refractivity contribution in [2.75, 3.05) is 11.9 Å². The zero-order chi connectivity index (χ0) is 26.6. The van der Waals surface area contributed by atoms with Crippen LogP contribution in [0.3, 0.4) is 0 Å². The molecule has 0 unspecified atom stereocenters. The van der Waals surface area contributed by atoms with Crippen LogP contribution in [0.15, 0.2) is 73.2 Å². The maximum Gasteiger partial charge on any atom is 0.343 e. The van der Waals surface area contributed by atoms with E-state index in [0.29, 0.717) is 32.8 Å². The summed E-state index contributed by atoms with van der Waals surface area (Å²) in [4.78, 5) is 29.4. The Balaban J connectivity index is 1.30. The van der Waals surface area contributed by atoms with Crippen molar-refractivity contribution in [3.63, 3.8) is 0 Å². The lowest BCUT2D eigenvalue weighted by Gasteiger charge is -2.09. The minimum atomic E-state index is -0.491. The summed E-state index contributed by atoms with van der Waals surface area (Å²) < 4.78 is 13.8. The van der Waals surface area contributed by atoms with Crippen LogP contribution in [0.4, 0.5) is 5.69 Å². The molecule has 0 saturated carbocycles. The van der Waals surface area contributed by atoms with Gasteiger partial charge in [-0.15, -0.1) is 0 Å². The van der Waals surface area contributed by atoms with E-state index in [1.165, 1.54) is 10.9 Å². The highest BCUT2D eigenvalue weighted by atomic mass is 35.5. The molecule has 0 bridgehead atoms. The maximum atomic E-state index is 12.9. The first-order chi connectivity index (χ1) is 18.4. The topological polar surface area (TPSA) is 113 Å². The number of hydrogen-bond donors (Lipinski definition) is 1. The number of halogens is 2. The second kappa shape index (κ2) is 10.9. The van der Waals surface area contributed by atoms with Crippen molar-refractivity contribution in [3.05, 3.63) is 94.5 Å². The Bertz CT molecular complexity index is 1650. The molecule has 0 aliphatic heterocycles. The number of nitrogens with zero attached hydrogens (tertiary/aromatic N) is 5. The quantitative estimate of drug-likeness (QED) is 0.258. The summed E-state index contributed by atoms with van der Waals surface area (Å²) in [6.07, 6.45) is 4.64. The number of ether oxygens (including phenoxy) is 2. The molecule has 3 heterocycles. The minimum absolute atomic E-state index is 0.0554. The van der Waals surface area contributed by atoms with E-state index < -0.39 is 11.9 Å². The molecule has 10 nitrogen and oxygen atoms in total. The van der Waals surface area contributed by atoms with Gasteiger partial charge in [0, 0.05) is 28.7 Å². The van der Waals surface area contributed by atoms with Crippen LogP contribution in [0.2, 0.25) is 10.0 Å². The Hall–Kier alpha value is -4.41. The molecule has 0 radical (unpaired) electrons. The first-order valence-electron chi connectivity index (χ1n) is 11.5. The van der Waals surface area contributed by atoms with Crippen LogP contribution in [0.5, 0.6) is 5.75 Å². The van der Waals surface area contributed by atoms with Gasteiger partial charge in [0.1, 0.15) is 11.3 Å². The summed E-state index contributed by atoms with van der Waals surface area (Å²) in [5, 5.41) is 12.3. The number of rotatable bonds is 8. The van der Waals surface area contributed by atoms with Crippen LogP contribution in [0, 0.1) is 0 Å². The van der Waals surface area contributed by atoms with Crippen molar-refractivity contribution in [1.29, 1.82) is 0 Å². The average Bonchev–Trinajstić information content (AvgIpc) is 3.56. The van der Waals surface area contributed by atoms with E-state index in [-0.39, 0.29) is 24.6 Å². The average molecular weight is 551 g/mol. The predicted molar refractivity (Wildman–Crippen MR) is 142 cm³/mol. The van der Waals surface area contributed by atoms with Crippen LogP contribution in [0.1, 0.15) is 27.8 Å². The number of anilines is 1. The highest BCUT2D eigenvalue weighted by Gasteiger charge is 2.17. The third-order valence-electron chi connectivity index (χ3n) is 5.43. The molecule has 12 heteroatoms. The standard InChI is InChI=1S/C26H20Cl2N6O4/c1-2-37-26(36)19-14-30-34-22(8-10-29-24(19)34)16-4-3-5-18(12-16)31-25(35)21-9-11-33(32-21)15-38-23-7-6-17(27)13-20(23)28/h3-14H,2,15H2,1H3,(H,31,35). The van der Waals surface area contributed by atoms with Gasteiger partial charge in [0.25, 0.3) is 5.91 Å². The molecular formula is C26H20Cl2N6O4. The van der Waals surface area contributed by atoms with Crippen LogP contribution in [-0.2, 0) is 11.5 Å². The number of aromatic nitrogens is 5. The van der Waals surface area contributed by atoms with Gasteiger partial charge >= 0.3 is 5.97 Å². The first kappa shape index (κ1) is 25.2. The fraction of sp³-hybridized carbons (Fsp3) is 0.115. The predicted octanol–water partition coefficient (Wildman–Crippen LogP) is 5.37. The molecule has 0 aliphatic carbocycles. The van der Waals surface area contributed by atoms with Crippen molar-refractivity contribution in [2.24, 2.45) is 0 Å². The molecule has 5 aromatic rings. The largest absolute Gasteiger partial charge is 0.470 e. The number of fused-ring (bicyclic) bond motifs is 1. The molecule has 1 N–H and O–H groups in total. The van der Waals surface area contributed by atoms with Gasteiger partial charge in [-0.1, -0.05) is 35.3 Å². The number of carbonyl (C=O) groups excluding carboxylic acids is 2. The lowest BCUT2D eigenvalue weighted by atomic mass is 10.1. The summed E-state index contributed by atoms with van der Waals surface area (Å²) in [7, 11) is 0. The van der Waals surface area contributed by atoms with Crippen LogP contribution < -0.4 is 10.1 Å². The fourth-order valence-electron chi connectivity index (χ4n) is 3.70. The first-order valence-corrected chi connectivity index (χ1v) is 12.2. The number of carbonyl (C=O) groups is 2. The molecule has 3 aromatic heterocycles. The van der Waals surface area contributed by atoms with Crippen LogP contribution >= 0.6 is 23.2 Å². The minimum Gasteiger partial charge on any atom is -0.470 e. The van der Waals surface area contributed by atoms with Gasteiger partial charge in [-0.2, -0.15) is 10.2 Å². The van der Waals surface area contributed by atoms with Crippen molar-refractivity contribution in [1.82, 2.24) is 24.4 Å². The molecule has 0 spiro atoms. The third kappa shape index (κ3) is 5.31. The number of amides is 1. The maximum absolute atomic E-state index is 12.9. The van der Waals surface area contributed by atoms with Gasteiger partial charge in [-0.25, -0.2) is 19.0 Å². The Kier molecular flexibility index (Phi) is 7.25. The summed E-state index contributed by atoms with van der Waals surface area (Å²) >= 11 is 12.0. The van der Waals surface area contributed by atoms with Gasteiger partial charge in [-0.05, 0) is 49.4 Å². The third-order valence-corrected chi connectivity index (χ3v) is 5.96. The van der Waals surface area contributed by atoms with E-state index in [9.17, 15) is 9.59 Å². The summed E-state index contributed by atoms with van der Waals surface area (Å²) in [6, 6.07) is 15.5. The zero-order valence-corrected chi connectivity index (χ0v) is 21.5. The lowest BCUT2D eigenvalue weighted by molar-refractivity contribution is 0.0528. The van der Waals surface area contributed by atoms with Crippen LogP contribution in [0.25, 0.3) is 16.9 Å². The number of hydrogen-bond acceptors (Lipinski definition) is 7. The molecule has 0 aliphatic rings. The molecule has 1 amide bonds. The number of esters is 1. The zero-order valence-electron chi connectivity index (χ0n) is 20.0. The van der Waals surface area contributed by atoms with E-state index in [2.05, 4.69) is 20.5 Å². The van der Waals surface area contributed by atoms with Gasteiger partial charge in [0.05, 0.1) is 23.5 Å². The number of benzene rings is 2. The Labute approximate surface area is 226 Å². The van der Waals surface area contributed by atoms with Gasteiger partial charge in [0.2, 0.25) is 0 Å². The fourth-order valence-corrected chi connectivity index (χ4v) is 4.16. The van der Waals surface area contributed by atoms with Crippen LogP contribution in [-0.4, -0.2) is 42.9 Å². The Morgan fingerprint density at radius 1 is 1.08 bits per heavy atom. The van der Waals surface area contributed by atoms with Crippen molar-refractivity contribution < 1.29 is 19.1 Å². The van der Waals surface area contributed by atoms with Crippen molar-refractivity contribution in [2.45, 2.75) is 13.7 Å². The molecule has 0 atom stereocenters. The van der Waals surface area contributed by atoms with Crippen molar-refractivity contribution in [3.8, 4) is 17.0 Å². The second-order valence-electron chi connectivity index (χ2n) is 7.97. The van der Waals surface area contributed by atoms with Gasteiger partial charge in [-0.3, -0.25) is 4.79 Å². The molecule has 2 aromatic carbocycles. The molecule has 0 saturated heterocycles. The second-order valence-corrected chi connectivity index (χ2v) is 8.81. The monoisotopic (exact) mass is 550 g/mol. The van der Waals surface area contributed by atoms with E-state index in [1.807, 2.05) is 6.07 Å². The van der Waals surface area contributed by atoms with Gasteiger partial charge < -0.3 is 14.8 Å². The summed E-state index contributed by atoms with van der Waals surface area (Å²) in [5.74, 6) is -0.436. The van der Waals surface area contributed by atoms with E-state index in [4.69, 9.17) is 32.7 Å². The summed E-state index contributed by atoms with van der Waals surface area (Å²) in [5.41, 5.74) is 2.85. The molecule has 0 fully saturated rings. The molecular weight excluding hydrogens is 531 g/mol. The van der Waals surface area contributed by atoms with Gasteiger partial charge in [0.15, 0.2) is 18.1 Å². The Morgan fingerprint density at radius 3 is 2.76 bits per heavy atom. The molecule has 38 heavy (non-hydrogen) atoms. The normalized spacial score (nSPS) is 10.9. The van der Waals surface area contributed by atoms with Crippen molar-refractivity contribution >= 4 is 46.4 Å². The van der Waals surface area contributed by atoms with E-state index >= 15 is 0 Å². The van der Waals surface area contributed by atoms with E-state index in [0.717, 1.165) is 5.56 Å². The smallest absolute Gasteiger partial charge is 0.343 e. The molecule has 192 valence electrons. The van der Waals surface area contributed by atoms with E-state index in [1.54, 1.807) is 72.4 Å². The SMILES string of the molecule is CCOC(=O)c1cnn2c(-c3cccc(NC(=O)c4ccn(COc5ccc(Cl)cc5Cl)n4)c3)ccnc12.